The Hall–Kier alpha value is -5.76. The van der Waals surface area contributed by atoms with Gasteiger partial charge >= 0.3 is 20.1 Å². The largest absolute Gasteiger partial charge is 0.482 e. The fourth-order valence-corrected chi connectivity index (χ4v) is 16.8. The SMILES string of the molecule is CC(C)(C=O)N1CCC(F)(F)C1.[C-]#[N+]C(=CC(C)(C)N1CCC(F)(F)C1)C(=O)N1CCO[C@@H](CC(=O)N[C@@H](Cc2ccccc2)B2O[C@@H]3C[C@@H]4C[C@@H](C4(C)C)[C@]3(C)O2)C1.[C-]#[N+]CC(=O)N1CCO[C@@H](CC(=O)N[C@@H](Cc2ccccc2)B2O[C@@H]3C[C@@H]4C[C@@H](C4(C)C)[C@]3(C)O2)C1. The van der Waals surface area contributed by atoms with Gasteiger partial charge in [-0.25, -0.2) is 29.0 Å². The molecule has 4 bridgehead atoms. The van der Waals surface area contributed by atoms with Gasteiger partial charge in [0.25, 0.3) is 24.3 Å². The monoisotopic (exact) mass is 1320 g/mol. The normalized spacial score (nSPS) is 31.6. The molecular weight excluding hydrogens is 1230 g/mol. The highest BCUT2D eigenvalue weighted by atomic mass is 19.3. The van der Waals surface area contributed by atoms with Gasteiger partial charge in [0.1, 0.15) is 6.29 Å². The van der Waals surface area contributed by atoms with E-state index in [0.29, 0.717) is 69.0 Å². The first kappa shape index (κ1) is 72.0. The van der Waals surface area contributed by atoms with E-state index in [0.717, 1.165) is 30.4 Å². The lowest BCUT2D eigenvalue weighted by atomic mass is 9.43. The van der Waals surface area contributed by atoms with Crippen molar-refractivity contribution in [2.24, 2.45) is 34.5 Å². The summed E-state index contributed by atoms with van der Waals surface area (Å²) >= 11 is 0. The maximum Gasteiger partial charge on any atom is 0.482 e. The minimum atomic E-state index is -2.78. The number of carbonyl (C=O) groups is 5. The highest BCUT2D eigenvalue weighted by Gasteiger charge is 2.70. The Morgan fingerprint density at radius 3 is 1.47 bits per heavy atom. The molecule has 6 aliphatic carbocycles. The second kappa shape index (κ2) is 28.2. The van der Waals surface area contributed by atoms with E-state index in [1.165, 1.54) is 22.3 Å². The number of aldehydes is 1. The third-order valence-electron chi connectivity index (χ3n) is 22.9. The number of benzene rings is 2. The first-order valence-corrected chi connectivity index (χ1v) is 34.0. The zero-order valence-electron chi connectivity index (χ0n) is 56.9. The molecule has 14 rings (SSSR count). The van der Waals surface area contributed by atoms with Crippen molar-refractivity contribution in [1.82, 2.24) is 30.2 Å². The van der Waals surface area contributed by atoms with Crippen molar-refractivity contribution >= 4 is 44.2 Å². The first-order valence-electron chi connectivity index (χ1n) is 34.0. The van der Waals surface area contributed by atoms with Crippen molar-refractivity contribution in [2.45, 2.75) is 204 Å². The van der Waals surface area contributed by atoms with Crippen LogP contribution >= 0.6 is 0 Å². The molecule has 2 aromatic rings. The van der Waals surface area contributed by atoms with Gasteiger partial charge in [-0.05, 0) is 126 Å². The molecule has 0 aromatic heterocycles. The van der Waals surface area contributed by atoms with Crippen molar-refractivity contribution in [2.75, 3.05) is 72.1 Å². The van der Waals surface area contributed by atoms with E-state index in [2.05, 4.69) is 61.9 Å². The maximum absolute atomic E-state index is 13.9. The number of hydrogen-bond acceptors (Lipinski definition) is 13. The Kier molecular flexibility index (Phi) is 21.4. The van der Waals surface area contributed by atoms with Gasteiger partial charge < -0.3 is 58.2 Å². The van der Waals surface area contributed by atoms with Crippen LogP contribution in [-0.2, 0) is 64.9 Å². The standard InChI is InChI=1S/C35H47BF2N4O5.C27H36BN3O5.C8H13F2NO/c1-32(2,42-13-12-35(37,38)22-42)20-26(39-6)31(44)41-14-15-45-25(21-41)19-30(43)40-29(16-23-10-8-7-9-11-23)36-46-28-18-24-17-27(33(24,3)4)34(28,5)47-36;1-26(2)19-13-21(26)27(3)22(14-19)35-28(36-27)23(12-18-8-6-5-7-9-18)30-24(32)15-20-17-31(10-11-34-20)25(33)16-29-4;1-7(2,6-12)11-4-3-8(9,10)5-11/h7-11,20,24-25,27-29H,12-19,21-22H2,1-5H3,(H,40,43);5-9,19-23H,10-17H2,1-3H3,(H,30,32);6H,3-5H2,1-2H3/t24-,25-,27-,28+,29-,34-;19-,20-,21-,22+,23-,27-;/m00./s1. The summed E-state index contributed by atoms with van der Waals surface area (Å²) in [6.07, 6.45) is 6.41. The molecule has 95 heavy (non-hydrogen) atoms. The fourth-order valence-electron chi connectivity index (χ4n) is 16.8. The predicted molar refractivity (Wildman–Crippen MR) is 349 cm³/mol. The molecule has 6 saturated carbocycles. The summed E-state index contributed by atoms with van der Waals surface area (Å²) in [7, 11) is -1.12. The van der Waals surface area contributed by atoms with Crippen molar-refractivity contribution in [1.29, 1.82) is 0 Å². The van der Waals surface area contributed by atoms with Gasteiger partial charge in [-0.2, -0.15) is 0 Å². The van der Waals surface area contributed by atoms with Crippen LogP contribution in [0.3, 0.4) is 0 Å². The lowest BCUT2D eigenvalue weighted by Gasteiger charge is -2.64. The molecule has 12 aliphatic rings. The van der Waals surface area contributed by atoms with Crippen LogP contribution in [-0.4, -0.2) is 206 Å². The highest BCUT2D eigenvalue weighted by Crippen LogP contribution is 2.67. The Balaban J connectivity index is 0.000000180. The topological polar surface area (TPSA) is 186 Å². The molecule has 6 saturated heterocycles. The molecule has 25 heteroatoms. The van der Waals surface area contributed by atoms with E-state index < -0.39 is 73.4 Å². The van der Waals surface area contributed by atoms with Crippen LogP contribution in [0.4, 0.5) is 17.6 Å². The Bertz CT molecular complexity index is 3230. The van der Waals surface area contributed by atoms with Crippen molar-refractivity contribution in [3.8, 4) is 0 Å². The molecule has 4 amide bonds. The van der Waals surface area contributed by atoms with E-state index in [9.17, 15) is 41.5 Å². The van der Waals surface area contributed by atoms with Gasteiger partial charge in [-0.15, -0.1) is 0 Å². The van der Waals surface area contributed by atoms with E-state index in [1.54, 1.807) is 37.5 Å². The van der Waals surface area contributed by atoms with Crippen molar-refractivity contribution in [3.63, 3.8) is 0 Å². The van der Waals surface area contributed by atoms with Gasteiger partial charge in [0.15, 0.2) is 0 Å². The van der Waals surface area contributed by atoms with Crippen LogP contribution in [0.1, 0.15) is 132 Å². The zero-order chi connectivity index (χ0) is 68.7. The van der Waals surface area contributed by atoms with Crippen LogP contribution in [0, 0.1) is 47.6 Å². The summed E-state index contributed by atoms with van der Waals surface area (Å²) in [6.45, 7) is 36.4. The molecule has 0 radical (unpaired) electrons. The van der Waals surface area contributed by atoms with Crippen molar-refractivity contribution < 1.29 is 69.6 Å². The van der Waals surface area contributed by atoms with Gasteiger partial charge in [0.2, 0.25) is 17.5 Å². The summed E-state index contributed by atoms with van der Waals surface area (Å²) in [5.74, 6) is -5.15. The number of ether oxygens (including phenoxy) is 2. The van der Waals surface area contributed by atoms with E-state index in [1.807, 2.05) is 60.7 Å². The number of nitrogens with one attached hydrogen (secondary N) is 2. The van der Waals surface area contributed by atoms with E-state index in [-0.39, 0.29) is 123 Å². The van der Waals surface area contributed by atoms with E-state index in [4.69, 9.17) is 41.2 Å². The smallest absolute Gasteiger partial charge is 0.404 e. The summed E-state index contributed by atoms with van der Waals surface area (Å²) in [5.41, 5.74) is 0.0752. The molecule has 12 atom stereocenters. The molecule has 2 N–H and O–H groups in total. The molecule has 12 fully saturated rings. The van der Waals surface area contributed by atoms with E-state index >= 15 is 0 Å². The number of nitrogens with zero attached hydrogens (tertiary/aromatic N) is 6. The number of rotatable bonds is 18. The predicted octanol–water partition coefficient (Wildman–Crippen LogP) is 8.34. The highest BCUT2D eigenvalue weighted by molar-refractivity contribution is 6.48. The number of likely N-dealkylation sites (tertiary alicyclic amines) is 2. The lowest BCUT2D eigenvalue weighted by Crippen LogP contribution is -2.65. The van der Waals surface area contributed by atoms with Crippen LogP contribution in [0.5, 0.6) is 0 Å². The van der Waals surface area contributed by atoms with Gasteiger partial charge in [0, 0.05) is 57.6 Å². The third kappa shape index (κ3) is 15.9. The quantitative estimate of drug-likeness (QED) is 0.0478. The molecular formula is C70H96B2F4N8O11. The number of alkyl halides is 4. The molecule has 19 nitrogen and oxygen atoms in total. The first-order chi connectivity index (χ1) is 44.7. The number of morpholine rings is 2. The summed E-state index contributed by atoms with van der Waals surface area (Å²) in [4.78, 5) is 75.8. The number of carbonyl (C=O) groups excluding carboxylic acids is 5. The lowest BCUT2D eigenvalue weighted by molar-refractivity contribution is -0.199. The second-order valence-corrected chi connectivity index (χ2v) is 30.8. The van der Waals surface area contributed by atoms with Crippen LogP contribution < -0.4 is 10.6 Å². The molecule has 0 spiro atoms. The molecule has 0 unspecified atom stereocenters. The van der Waals surface area contributed by atoms with Gasteiger partial charge in [-0.1, -0.05) is 94.4 Å². The Labute approximate surface area is 558 Å². The maximum atomic E-state index is 13.9. The zero-order valence-corrected chi connectivity index (χ0v) is 56.9. The summed E-state index contributed by atoms with van der Waals surface area (Å²) in [6, 6.07) is 20.0. The van der Waals surface area contributed by atoms with Crippen LogP contribution in [0.15, 0.2) is 72.4 Å². The summed E-state index contributed by atoms with van der Waals surface area (Å²) < 4.78 is 91.4. The second-order valence-electron chi connectivity index (χ2n) is 30.8. The van der Waals surface area contributed by atoms with Crippen LogP contribution in [0.2, 0.25) is 0 Å². The minimum absolute atomic E-state index is 0.0164. The molecule has 2 aromatic carbocycles. The Morgan fingerprint density at radius 1 is 0.642 bits per heavy atom. The molecule has 6 aliphatic heterocycles. The fraction of sp³-hybridized carbons (Fsp3) is 0.700. The Morgan fingerprint density at radius 2 is 1.07 bits per heavy atom. The van der Waals surface area contributed by atoms with Crippen molar-refractivity contribution in [3.05, 3.63) is 106 Å². The molecule has 6 heterocycles. The number of amides is 4. The third-order valence-corrected chi connectivity index (χ3v) is 22.9. The van der Waals surface area contributed by atoms with Gasteiger partial charge in [0.05, 0.1) is 98.8 Å². The molecule has 516 valence electrons. The average molecular weight is 1320 g/mol. The summed E-state index contributed by atoms with van der Waals surface area (Å²) in [5, 5.41) is 6.36. The number of halogens is 4. The number of hydrogen-bond donors (Lipinski definition) is 2. The minimum Gasteiger partial charge on any atom is -0.404 e. The average Bonchev–Trinajstić information content (AvgIpc) is 1.66. The van der Waals surface area contributed by atoms with Gasteiger partial charge in [-0.3, -0.25) is 29.0 Å². The van der Waals surface area contributed by atoms with Crippen LogP contribution in [0.25, 0.3) is 9.69 Å².